The van der Waals surface area contributed by atoms with Gasteiger partial charge in [0.25, 0.3) is 5.91 Å². The molecule has 0 saturated carbocycles. The number of aryl methyl sites for hydroxylation is 1. The van der Waals surface area contributed by atoms with Crippen molar-refractivity contribution in [2.24, 2.45) is 0 Å². The normalized spacial score (nSPS) is 11.1. The number of pyridine rings is 1. The Morgan fingerprint density at radius 2 is 1.87 bits per heavy atom. The largest absolute Gasteiger partial charge is 0.416 e. The first kappa shape index (κ1) is 20.1. The predicted octanol–water partition coefficient (Wildman–Crippen LogP) is 4.10. The highest BCUT2D eigenvalue weighted by molar-refractivity contribution is 6.04. The lowest BCUT2D eigenvalue weighted by molar-refractivity contribution is -0.137. The number of fused-ring (bicyclic) bond motifs is 1. The fourth-order valence-corrected chi connectivity index (χ4v) is 2.81. The summed E-state index contributed by atoms with van der Waals surface area (Å²) in [6.45, 7) is 1.84. The molecule has 3 heterocycles. The molecule has 0 bridgehead atoms. The Bertz CT molecular complexity index is 1350. The number of nitrogens with zero attached hydrogens (tertiary/aromatic N) is 4. The second-order valence-corrected chi connectivity index (χ2v) is 6.61. The molecule has 154 valence electrons. The number of halogens is 3. The van der Waals surface area contributed by atoms with E-state index in [2.05, 4.69) is 32.2 Å². The molecule has 0 radical (unpaired) electrons. The number of nitrogens with one attached hydrogen (secondary N) is 1. The third kappa shape index (κ3) is 4.38. The monoisotopic (exact) mass is 421 g/mol. The summed E-state index contributed by atoms with van der Waals surface area (Å²) in [7, 11) is 0. The third-order valence-corrected chi connectivity index (χ3v) is 4.44. The smallest absolute Gasteiger partial charge is 0.307 e. The maximum atomic E-state index is 12.9. The van der Waals surface area contributed by atoms with Crippen molar-refractivity contribution in [2.75, 3.05) is 5.32 Å². The van der Waals surface area contributed by atoms with Gasteiger partial charge >= 0.3 is 6.18 Å². The molecule has 4 aromatic rings. The van der Waals surface area contributed by atoms with Crippen LogP contribution in [0.3, 0.4) is 0 Å². The Morgan fingerprint density at radius 3 is 2.68 bits per heavy atom. The van der Waals surface area contributed by atoms with Gasteiger partial charge in [-0.3, -0.25) is 4.79 Å². The van der Waals surface area contributed by atoms with E-state index in [1.54, 1.807) is 47.4 Å². The second-order valence-electron chi connectivity index (χ2n) is 6.61. The van der Waals surface area contributed by atoms with Gasteiger partial charge in [-0.2, -0.15) is 18.3 Å². The van der Waals surface area contributed by atoms with E-state index in [0.717, 1.165) is 23.9 Å². The van der Waals surface area contributed by atoms with E-state index in [4.69, 9.17) is 0 Å². The maximum absolute atomic E-state index is 12.9. The minimum Gasteiger partial charge on any atom is -0.307 e. The Morgan fingerprint density at radius 1 is 1.06 bits per heavy atom. The van der Waals surface area contributed by atoms with Gasteiger partial charge in [-0.05, 0) is 42.8 Å². The predicted molar refractivity (Wildman–Crippen MR) is 107 cm³/mol. The van der Waals surface area contributed by atoms with Crippen molar-refractivity contribution in [3.63, 3.8) is 0 Å². The topological polar surface area (TPSA) is 72.2 Å². The molecule has 0 atom stereocenters. The molecule has 6 nitrogen and oxygen atoms in total. The van der Waals surface area contributed by atoms with Crippen molar-refractivity contribution in [3.05, 3.63) is 89.0 Å². The van der Waals surface area contributed by atoms with Crippen molar-refractivity contribution >= 4 is 17.4 Å². The molecule has 1 N–H and O–H groups in total. The summed E-state index contributed by atoms with van der Waals surface area (Å²) in [6.07, 6.45) is 1.46. The van der Waals surface area contributed by atoms with Gasteiger partial charge in [-0.15, -0.1) is 0 Å². The summed E-state index contributed by atoms with van der Waals surface area (Å²) in [6, 6.07) is 8.23. The molecule has 0 spiro atoms. The van der Waals surface area contributed by atoms with Gasteiger partial charge in [0.1, 0.15) is 5.82 Å². The number of carbonyl (C=O) groups is 1. The van der Waals surface area contributed by atoms with Crippen LogP contribution in [0.25, 0.3) is 5.65 Å². The van der Waals surface area contributed by atoms with Gasteiger partial charge in [-0.25, -0.2) is 14.5 Å². The molecular weight excluding hydrogens is 407 g/mol. The molecular formula is C22H14F3N5O. The first-order valence-corrected chi connectivity index (χ1v) is 9.07. The fourth-order valence-electron chi connectivity index (χ4n) is 2.81. The van der Waals surface area contributed by atoms with Crippen LogP contribution < -0.4 is 5.32 Å². The second kappa shape index (κ2) is 7.91. The van der Waals surface area contributed by atoms with Gasteiger partial charge < -0.3 is 5.32 Å². The molecule has 0 aliphatic heterocycles. The molecule has 0 aliphatic rings. The lowest BCUT2D eigenvalue weighted by atomic mass is 10.0. The minimum absolute atomic E-state index is 0.189. The Kier molecular flexibility index (Phi) is 5.13. The molecule has 4 rings (SSSR count). The Hall–Kier alpha value is -4.19. The molecule has 0 unspecified atom stereocenters. The third-order valence-electron chi connectivity index (χ3n) is 4.44. The van der Waals surface area contributed by atoms with Gasteiger partial charge in [-0.1, -0.05) is 17.9 Å². The maximum Gasteiger partial charge on any atom is 0.416 e. The highest BCUT2D eigenvalue weighted by Gasteiger charge is 2.30. The number of hydrogen-bond acceptors (Lipinski definition) is 4. The number of amides is 1. The van der Waals surface area contributed by atoms with Crippen LogP contribution in [0.15, 0.2) is 61.2 Å². The van der Waals surface area contributed by atoms with E-state index in [1.165, 1.54) is 0 Å². The first-order chi connectivity index (χ1) is 14.8. The number of carbonyl (C=O) groups excluding carboxylic acids is 1. The van der Waals surface area contributed by atoms with Crippen LogP contribution >= 0.6 is 0 Å². The molecule has 0 fully saturated rings. The van der Waals surface area contributed by atoms with Crippen LogP contribution in [0.2, 0.25) is 0 Å². The number of aromatic nitrogens is 4. The number of rotatable bonds is 2. The lowest BCUT2D eigenvalue weighted by Gasteiger charge is -2.09. The van der Waals surface area contributed by atoms with E-state index in [-0.39, 0.29) is 11.4 Å². The van der Waals surface area contributed by atoms with Crippen LogP contribution in [0, 0.1) is 18.8 Å². The van der Waals surface area contributed by atoms with Crippen molar-refractivity contribution in [1.29, 1.82) is 0 Å². The van der Waals surface area contributed by atoms with Crippen molar-refractivity contribution in [1.82, 2.24) is 19.6 Å². The number of alkyl halides is 3. The summed E-state index contributed by atoms with van der Waals surface area (Å²) in [5.41, 5.74) is 2.02. The van der Waals surface area contributed by atoms with Crippen molar-refractivity contribution in [2.45, 2.75) is 13.1 Å². The van der Waals surface area contributed by atoms with Crippen LogP contribution in [-0.2, 0) is 6.18 Å². The molecule has 9 heteroatoms. The fraction of sp³-hybridized carbons (Fsp3) is 0.0909. The van der Waals surface area contributed by atoms with Crippen LogP contribution in [-0.4, -0.2) is 25.5 Å². The van der Waals surface area contributed by atoms with E-state index in [0.29, 0.717) is 16.8 Å². The van der Waals surface area contributed by atoms with Gasteiger partial charge in [0.05, 0.1) is 17.3 Å². The highest BCUT2D eigenvalue weighted by atomic mass is 19.4. The average Bonchev–Trinajstić information content (AvgIpc) is 3.16. The van der Waals surface area contributed by atoms with E-state index in [9.17, 15) is 18.0 Å². The molecule has 0 aliphatic carbocycles. The summed E-state index contributed by atoms with van der Waals surface area (Å²) < 4.78 is 40.2. The van der Waals surface area contributed by atoms with Crippen LogP contribution in [0.4, 0.5) is 19.0 Å². The van der Waals surface area contributed by atoms with Crippen LogP contribution in [0.1, 0.15) is 32.6 Å². The zero-order chi connectivity index (χ0) is 22.0. The summed E-state index contributed by atoms with van der Waals surface area (Å²) in [5, 5.41) is 6.56. The summed E-state index contributed by atoms with van der Waals surface area (Å²) in [4.78, 5) is 20.6. The Balaban J connectivity index is 1.59. The average molecular weight is 421 g/mol. The van der Waals surface area contributed by atoms with Crippen molar-refractivity contribution in [3.8, 4) is 11.8 Å². The SMILES string of the molecule is Cc1ccc(C(=O)Nc2cc(C(F)(F)F)ccn2)cc1C#Cc1cnn2cccnc12. The van der Waals surface area contributed by atoms with Crippen LogP contribution in [0.5, 0.6) is 0 Å². The number of benzene rings is 1. The minimum atomic E-state index is -4.53. The number of anilines is 1. The zero-order valence-electron chi connectivity index (χ0n) is 16.1. The summed E-state index contributed by atoms with van der Waals surface area (Å²) in [5.74, 6) is 5.23. The lowest BCUT2D eigenvalue weighted by Crippen LogP contribution is -2.14. The molecule has 1 amide bonds. The van der Waals surface area contributed by atoms with E-state index >= 15 is 0 Å². The van der Waals surface area contributed by atoms with Gasteiger partial charge in [0, 0.05) is 29.7 Å². The van der Waals surface area contributed by atoms with Gasteiger partial charge in [0.2, 0.25) is 0 Å². The quantitative estimate of drug-likeness (QED) is 0.495. The molecule has 1 aromatic carbocycles. The molecule has 31 heavy (non-hydrogen) atoms. The van der Waals surface area contributed by atoms with E-state index < -0.39 is 17.6 Å². The standard InChI is InChI=1S/C22H14F3N5O/c1-14-3-4-16(21(31)29-19-12-18(7-9-26-19)22(23,24)25)11-15(14)5-6-17-13-28-30-10-2-8-27-20(17)30/h2-4,7-13H,1H3,(H,26,29,31). The Labute approximate surface area is 174 Å². The number of hydrogen-bond donors (Lipinski definition) is 1. The van der Waals surface area contributed by atoms with Crippen molar-refractivity contribution < 1.29 is 18.0 Å². The van der Waals surface area contributed by atoms with E-state index in [1.807, 2.05) is 6.92 Å². The zero-order valence-corrected chi connectivity index (χ0v) is 16.1. The van der Waals surface area contributed by atoms with Gasteiger partial charge in [0.15, 0.2) is 5.65 Å². The summed E-state index contributed by atoms with van der Waals surface area (Å²) >= 11 is 0. The first-order valence-electron chi connectivity index (χ1n) is 9.07. The molecule has 0 saturated heterocycles. The highest BCUT2D eigenvalue weighted by Crippen LogP contribution is 2.30. The molecule has 3 aromatic heterocycles.